The summed E-state index contributed by atoms with van der Waals surface area (Å²) in [5.74, 6) is 4.61. The SMILES string of the molecule is CC#CCOCC(=O)NC(C(=O)N1CCCC1C(=O)NCc1ccc(-c2scnc2C)cc1)C(C)(C)C. The molecule has 2 unspecified atom stereocenters. The van der Waals surface area contributed by atoms with Crippen LogP contribution in [-0.2, 0) is 25.7 Å². The lowest BCUT2D eigenvalue weighted by atomic mass is 9.85. The van der Waals surface area contributed by atoms with Crippen molar-refractivity contribution in [1.82, 2.24) is 20.5 Å². The highest BCUT2D eigenvalue weighted by Gasteiger charge is 2.41. The van der Waals surface area contributed by atoms with E-state index < -0.39 is 17.5 Å². The first kappa shape index (κ1) is 28.4. The molecule has 1 aromatic heterocycles. The maximum atomic E-state index is 13.5. The van der Waals surface area contributed by atoms with E-state index in [0.717, 1.165) is 28.1 Å². The molecule has 0 bridgehead atoms. The maximum absolute atomic E-state index is 13.5. The van der Waals surface area contributed by atoms with E-state index in [1.165, 1.54) is 0 Å². The molecule has 2 atom stereocenters. The van der Waals surface area contributed by atoms with Crippen molar-refractivity contribution in [3.63, 3.8) is 0 Å². The maximum Gasteiger partial charge on any atom is 0.246 e. The largest absolute Gasteiger partial charge is 0.359 e. The summed E-state index contributed by atoms with van der Waals surface area (Å²) in [7, 11) is 0. The molecule has 0 aliphatic carbocycles. The lowest BCUT2D eigenvalue weighted by Gasteiger charge is -2.35. The van der Waals surface area contributed by atoms with Crippen LogP contribution in [0.5, 0.6) is 0 Å². The molecule has 198 valence electrons. The Morgan fingerprint density at radius 1 is 1.24 bits per heavy atom. The van der Waals surface area contributed by atoms with E-state index in [9.17, 15) is 14.4 Å². The van der Waals surface area contributed by atoms with Gasteiger partial charge in [0.1, 0.15) is 25.3 Å². The highest BCUT2D eigenvalue weighted by Crippen LogP contribution is 2.28. The molecule has 1 aliphatic heterocycles. The van der Waals surface area contributed by atoms with Crippen LogP contribution in [0.25, 0.3) is 10.4 Å². The summed E-state index contributed by atoms with van der Waals surface area (Å²) >= 11 is 1.60. The highest BCUT2D eigenvalue weighted by molar-refractivity contribution is 7.13. The number of amides is 3. The lowest BCUT2D eigenvalue weighted by Crippen LogP contribution is -2.58. The van der Waals surface area contributed by atoms with E-state index in [-0.39, 0.29) is 30.9 Å². The van der Waals surface area contributed by atoms with Crippen molar-refractivity contribution in [2.45, 2.75) is 66.1 Å². The Kier molecular flexibility index (Phi) is 9.84. The van der Waals surface area contributed by atoms with Crippen molar-refractivity contribution in [1.29, 1.82) is 0 Å². The van der Waals surface area contributed by atoms with Crippen molar-refractivity contribution < 1.29 is 19.1 Å². The molecule has 1 fully saturated rings. The quantitative estimate of drug-likeness (QED) is 0.387. The lowest BCUT2D eigenvalue weighted by molar-refractivity contribution is -0.144. The van der Waals surface area contributed by atoms with Crippen LogP contribution in [0, 0.1) is 24.2 Å². The van der Waals surface area contributed by atoms with Gasteiger partial charge in [-0.2, -0.15) is 0 Å². The molecule has 0 radical (unpaired) electrons. The van der Waals surface area contributed by atoms with Gasteiger partial charge in [0.05, 0.1) is 16.1 Å². The number of hydrogen-bond acceptors (Lipinski definition) is 6. The topological polar surface area (TPSA) is 101 Å². The average molecular weight is 525 g/mol. The number of aromatic nitrogens is 1. The van der Waals surface area contributed by atoms with Crippen LogP contribution in [-0.4, -0.2) is 59.4 Å². The second-order valence-corrected chi connectivity index (χ2v) is 11.0. The van der Waals surface area contributed by atoms with Gasteiger partial charge in [-0.1, -0.05) is 51.0 Å². The zero-order chi connectivity index (χ0) is 27.0. The Morgan fingerprint density at radius 3 is 2.59 bits per heavy atom. The Bertz CT molecular complexity index is 1160. The van der Waals surface area contributed by atoms with Crippen molar-refractivity contribution in [3.8, 4) is 22.3 Å². The van der Waals surface area contributed by atoms with E-state index in [4.69, 9.17) is 4.74 Å². The van der Waals surface area contributed by atoms with Gasteiger partial charge in [0.15, 0.2) is 0 Å². The third-order valence-electron chi connectivity index (χ3n) is 6.27. The number of hydrogen-bond donors (Lipinski definition) is 2. The first-order chi connectivity index (χ1) is 17.6. The van der Waals surface area contributed by atoms with Crippen LogP contribution in [0.4, 0.5) is 0 Å². The minimum atomic E-state index is -0.781. The minimum absolute atomic E-state index is 0.153. The van der Waals surface area contributed by atoms with E-state index >= 15 is 0 Å². The van der Waals surface area contributed by atoms with Crippen LogP contribution < -0.4 is 10.6 Å². The van der Waals surface area contributed by atoms with Crippen molar-refractivity contribution in [3.05, 3.63) is 41.0 Å². The minimum Gasteiger partial charge on any atom is -0.359 e. The zero-order valence-corrected chi connectivity index (χ0v) is 23.0. The second kappa shape index (κ2) is 12.8. The van der Waals surface area contributed by atoms with Gasteiger partial charge in [0.2, 0.25) is 17.7 Å². The third kappa shape index (κ3) is 7.63. The van der Waals surface area contributed by atoms with Crippen LogP contribution in [0.15, 0.2) is 29.8 Å². The van der Waals surface area contributed by atoms with Crippen LogP contribution in [0.3, 0.4) is 0 Å². The summed E-state index contributed by atoms with van der Waals surface area (Å²) in [6.07, 6.45) is 1.32. The van der Waals surface area contributed by atoms with Gasteiger partial charge in [0.25, 0.3) is 0 Å². The highest BCUT2D eigenvalue weighted by atomic mass is 32.1. The number of rotatable bonds is 9. The molecule has 2 aromatic rings. The summed E-state index contributed by atoms with van der Waals surface area (Å²) in [6.45, 7) is 10.2. The first-order valence-corrected chi connectivity index (χ1v) is 13.3. The molecule has 9 heteroatoms. The van der Waals surface area contributed by atoms with Gasteiger partial charge in [-0.3, -0.25) is 14.4 Å². The Labute approximate surface area is 223 Å². The molecular weight excluding hydrogens is 488 g/mol. The molecule has 1 aliphatic rings. The fourth-order valence-electron chi connectivity index (χ4n) is 4.25. The summed E-state index contributed by atoms with van der Waals surface area (Å²) < 4.78 is 5.24. The molecule has 1 saturated heterocycles. The van der Waals surface area contributed by atoms with Gasteiger partial charge < -0.3 is 20.3 Å². The number of aryl methyl sites for hydroxylation is 1. The molecular formula is C28H36N4O4S. The molecule has 3 amide bonds. The summed E-state index contributed by atoms with van der Waals surface area (Å²) in [5, 5.41) is 5.80. The molecule has 2 heterocycles. The van der Waals surface area contributed by atoms with Gasteiger partial charge in [-0.25, -0.2) is 4.98 Å². The number of carbonyl (C=O) groups excluding carboxylic acids is 3. The number of carbonyl (C=O) groups is 3. The fourth-order valence-corrected chi connectivity index (χ4v) is 5.06. The monoisotopic (exact) mass is 524 g/mol. The standard InChI is InChI=1S/C28H36N4O4S/c1-6-7-15-36-17-23(33)31-25(28(3,4)5)27(35)32-14-8-9-22(32)26(34)29-16-20-10-12-21(13-11-20)24-19(2)30-18-37-24/h10-13,18,22,25H,8-9,14-17H2,1-5H3,(H,29,34)(H,31,33). The second-order valence-electron chi connectivity index (χ2n) is 10.2. The van der Waals surface area contributed by atoms with Gasteiger partial charge in [0, 0.05) is 13.1 Å². The molecule has 3 rings (SSSR count). The first-order valence-electron chi connectivity index (χ1n) is 12.5. The van der Waals surface area contributed by atoms with E-state index in [0.29, 0.717) is 19.5 Å². The summed E-state index contributed by atoms with van der Waals surface area (Å²) in [5.41, 5.74) is 4.36. The summed E-state index contributed by atoms with van der Waals surface area (Å²) in [4.78, 5) is 46.1. The predicted octanol–water partition coefficient (Wildman–Crippen LogP) is 3.30. The molecule has 8 nitrogen and oxygen atoms in total. The third-order valence-corrected chi connectivity index (χ3v) is 7.25. The Hall–Kier alpha value is -3.22. The number of ether oxygens (including phenoxy) is 1. The van der Waals surface area contributed by atoms with Gasteiger partial charge >= 0.3 is 0 Å². The van der Waals surface area contributed by atoms with E-state index in [1.807, 2.05) is 57.5 Å². The Balaban J connectivity index is 1.60. The smallest absolute Gasteiger partial charge is 0.246 e. The van der Waals surface area contributed by atoms with E-state index in [2.05, 4.69) is 27.5 Å². The van der Waals surface area contributed by atoms with Crippen molar-refractivity contribution in [2.75, 3.05) is 19.8 Å². The van der Waals surface area contributed by atoms with E-state index in [1.54, 1.807) is 23.2 Å². The van der Waals surface area contributed by atoms with Crippen molar-refractivity contribution >= 4 is 29.1 Å². The molecule has 0 saturated carbocycles. The number of nitrogens with zero attached hydrogens (tertiary/aromatic N) is 2. The predicted molar refractivity (Wildman–Crippen MR) is 145 cm³/mol. The molecule has 1 aromatic carbocycles. The van der Waals surface area contributed by atoms with Gasteiger partial charge in [-0.15, -0.1) is 17.3 Å². The van der Waals surface area contributed by atoms with Crippen LogP contribution >= 0.6 is 11.3 Å². The average Bonchev–Trinajstić information content (AvgIpc) is 3.52. The Morgan fingerprint density at radius 2 is 1.97 bits per heavy atom. The van der Waals surface area contributed by atoms with Crippen LogP contribution in [0.1, 0.15) is 51.8 Å². The van der Waals surface area contributed by atoms with Crippen LogP contribution in [0.2, 0.25) is 0 Å². The molecule has 0 spiro atoms. The zero-order valence-electron chi connectivity index (χ0n) is 22.2. The summed E-state index contributed by atoms with van der Waals surface area (Å²) in [6, 6.07) is 6.70. The van der Waals surface area contributed by atoms with Crippen molar-refractivity contribution in [2.24, 2.45) is 5.41 Å². The van der Waals surface area contributed by atoms with Gasteiger partial charge in [-0.05, 0) is 43.2 Å². The molecule has 37 heavy (non-hydrogen) atoms. The number of thiazole rings is 1. The molecule has 2 N–H and O–H groups in total. The number of likely N-dealkylation sites (tertiary alicyclic amines) is 1. The fraction of sp³-hybridized carbons (Fsp3) is 0.500. The number of nitrogens with one attached hydrogen (secondary N) is 2. The normalized spacial score (nSPS) is 16.0. The number of benzene rings is 1.